The second kappa shape index (κ2) is 7.21. The molecule has 0 fully saturated rings. The summed E-state index contributed by atoms with van der Waals surface area (Å²) in [6.07, 6.45) is 5.07. The molecule has 0 aliphatic heterocycles. The monoisotopic (exact) mass is 291 g/mol. The van der Waals surface area contributed by atoms with Gasteiger partial charge in [0.2, 0.25) is 0 Å². The molecule has 2 nitrogen and oxygen atoms in total. The predicted molar refractivity (Wildman–Crippen MR) is 76.3 cm³/mol. The van der Waals surface area contributed by atoms with Crippen LogP contribution in [0.5, 0.6) is 0 Å². The van der Waals surface area contributed by atoms with Gasteiger partial charge >= 0.3 is 0 Å². The average molecular weight is 291 g/mol. The molecule has 0 aromatic heterocycles. The van der Waals surface area contributed by atoms with E-state index in [2.05, 4.69) is 37.2 Å². The number of rotatable bonds is 4. The van der Waals surface area contributed by atoms with Crippen LogP contribution >= 0.6 is 0 Å². The van der Waals surface area contributed by atoms with Gasteiger partial charge in [0, 0.05) is 28.3 Å². The van der Waals surface area contributed by atoms with Crippen LogP contribution < -0.4 is 0 Å². The third-order valence-corrected chi connectivity index (χ3v) is 3.20. The number of nitrogens with zero attached hydrogens (tertiary/aromatic N) is 1. The molecule has 0 saturated heterocycles. The summed E-state index contributed by atoms with van der Waals surface area (Å²) in [5, 5.41) is 9.82. The molecule has 0 bridgehead atoms. The molecule has 19 heavy (non-hydrogen) atoms. The normalized spacial score (nSPS) is 15.8. The Balaban J connectivity index is 0.00000180. The standard InChI is InChI=1S/C16H21NO.Ti/c1-12(18)15-6-4-5-7-16(15)14-9-8-13(10-14)11-17(2)3;/h4-8,10,12,18H,9,11H2,1-3H3;. The summed E-state index contributed by atoms with van der Waals surface area (Å²) in [4.78, 5) is 2.17. The van der Waals surface area contributed by atoms with Crippen LogP contribution in [0.15, 0.2) is 42.0 Å². The first kappa shape index (κ1) is 16.4. The predicted octanol–water partition coefficient (Wildman–Crippen LogP) is 3.01. The number of aliphatic hydroxyl groups is 1. The average Bonchev–Trinajstić information content (AvgIpc) is 2.76. The molecule has 0 amide bonds. The topological polar surface area (TPSA) is 23.5 Å². The van der Waals surface area contributed by atoms with E-state index in [0.29, 0.717) is 0 Å². The summed E-state index contributed by atoms with van der Waals surface area (Å²) in [5.41, 5.74) is 4.86. The Hall–Kier alpha value is -0.666. The molecule has 0 radical (unpaired) electrons. The van der Waals surface area contributed by atoms with Crippen LogP contribution in [-0.4, -0.2) is 30.6 Å². The molecule has 3 heteroatoms. The molecule has 1 unspecified atom stereocenters. The van der Waals surface area contributed by atoms with Crippen LogP contribution in [0.4, 0.5) is 0 Å². The Morgan fingerprint density at radius 3 is 2.58 bits per heavy atom. The van der Waals surface area contributed by atoms with E-state index in [1.807, 2.05) is 25.1 Å². The maximum Gasteiger partial charge on any atom is 0.0767 e. The van der Waals surface area contributed by atoms with E-state index in [9.17, 15) is 5.11 Å². The van der Waals surface area contributed by atoms with Crippen molar-refractivity contribution >= 4 is 5.57 Å². The van der Waals surface area contributed by atoms with Gasteiger partial charge in [-0.05, 0) is 49.7 Å². The molecule has 0 heterocycles. The summed E-state index contributed by atoms with van der Waals surface area (Å²) in [5.74, 6) is 0. The van der Waals surface area contributed by atoms with Crippen molar-refractivity contribution in [2.24, 2.45) is 0 Å². The molecule has 1 aliphatic rings. The van der Waals surface area contributed by atoms with E-state index in [-0.39, 0.29) is 21.7 Å². The first-order valence-corrected chi connectivity index (χ1v) is 6.39. The third kappa shape index (κ3) is 4.15. The first-order valence-electron chi connectivity index (χ1n) is 6.39. The molecule has 0 saturated carbocycles. The van der Waals surface area contributed by atoms with E-state index in [1.54, 1.807) is 0 Å². The van der Waals surface area contributed by atoms with Crippen molar-refractivity contribution in [2.75, 3.05) is 20.6 Å². The maximum absolute atomic E-state index is 9.82. The summed E-state index contributed by atoms with van der Waals surface area (Å²) in [6, 6.07) is 8.12. The molecule has 1 aromatic carbocycles. The molecule has 1 aliphatic carbocycles. The van der Waals surface area contributed by atoms with Crippen molar-refractivity contribution in [3.63, 3.8) is 0 Å². The quantitative estimate of drug-likeness (QED) is 0.862. The second-order valence-corrected chi connectivity index (χ2v) is 5.15. The van der Waals surface area contributed by atoms with Crippen molar-refractivity contribution in [1.82, 2.24) is 4.90 Å². The van der Waals surface area contributed by atoms with Gasteiger partial charge in [-0.1, -0.05) is 36.4 Å². The van der Waals surface area contributed by atoms with Gasteiger partial charge in [-0.3, -0.25) is 0 Å². The van der Waals surface area contributed by atoms with E-state index in [1.165, 1.54) is 16.7 Å². The third-order valence-electron chi connectivity index (χ3n) is 3.20. The summed E-state index contributed by atoms with van der Waals surface area (Å²) >= 11 is 0. The fraction of sp³-hybridized carbons (Fsp3) is 0.375. The fourth-order valence-corrected chi connectivity index (χ4v) is 2.40. The minimum atomic E-state index is -0.417. The minimum absolute atomic E-state index is 0. The smallest absolute Gasteiger partial charge is 0.0767 e. The van der Waals surface area contributed by atoms with Gasteiger partial charge in [-0.25, -0.2) is 0 Å². The molecule has 0 spiro atoms. The van der Waals surface area contributed by atoms with Crippen molar-refractivity contribution in [2.45, 2.75) is 19.4 Å². The van der Waals surface area contributed by atoms with E-state index >= 15 is 0 Å². The van der Waals surface area contributed by atoms with Gasteiger partial charge in [0.15, 0.2) is 0 Å². The minimum Gasteiger partial charge on any atom is -0.389 e. The van der Waals surface area contributed by atoms with E-state index in [4.69, 9.17) is 0 Å². The maximum atomic E-state index is 9.82. The number of hydrogen-bond donors (Lipinski definition) is 1. The Morgan fingerprint density at radius 2 is 1.95 bits per heavy atom. The van der Waals surface area contributed by atoms with Gasteiger partial charge in [0.1, 0.15) is 0 Å². The zero-order chi connectivity index (χ0) is 13.1. The molecular formula is C16H21NOTi. The largest absolute Gasteiger partial charge is 0.389 e. The van der Waals surface area contributed by atoms with Gasteiger partial charge in [0.25, 0.3) is 0 Å². The van der Waals surface area contributed by atoms with Crippen LogP contribution in [0.2, 0.25) is 0 Å². The zero-order valence-electron chi connectivity index (χ0n) is 11.9. The van der Waals surface area contributed by atoms with Gasteiger partial charge in [-0.2, -0.15) is 0 Å². The second-order valence-electron chi connectivity index (χ2n) is 5.15. The molecule has 2 rings (SSSR count). The van der Waals surface area contributed by atoms with Crippen LogP contribution in [0, 0.1) is 0 Å². The number of aliphatic hydroxyl groups excluding tert-OH is 1. The van der Waals surface area contributed by atoms with Gasteiger partial charge < -0.3 is 10.0 Å². The summed E-state index contributed by atoms with van der Waals surface area (Å²) < 4.78 is 0. The van der Waals surface area contributed by atoms with Crippen molar-refractivity contribution in [1.29, 1.82) is 0 Å². The number of hydrogen-bond acceptors (Lipinski definition) is 2. The summed E-state index contributed by atoms with van der Waals surface area (Å²) in [6.45, 7) is 2.79. The first-order chi connectivity index (χ1) is 8.58. The van der Waals surface area contributed by atoms with E-state index in [0.717, 1.165) is 18.5 Å². The van der Waals surface area contributed by atoms with Gasteiger partial charge in [-0.15, -0.1) is 0 Å². The Labute approximate surface area is 130 Å². The van der Waals surface area contributed by atoms with Crippen LogP contribution in [-0.2, 0) is 21.7 Å². The van der Waals surface area contributed by atoms with Gasteiger partial charge in [0.05, 0.1) is 6.10 Å². The Kier molecular flexibility index (Phi) is 6.22. The number of allylic oxidation sites excluding steroid dienone is 2. The van der Waals surface area contributed by atoms with Crippen molar-refractivity contribution < 1.29 is 26.8 Å². The van der Waals surface area contributed by atoms with Crippen LogP contribution in [0.3, 0.4) is 0 Å². The SMILES string of the molecule is CC(O)c1ccccc1C1=CC(CN(C)C)=CC1.[Ti]. The van der Waals surface area contributed by atoms with E-state index < -0.39 is 6.10 Å². The molecule has 100 valence electrons. The fourth-order valence-electron chi connectivity index (χ4n) is 2.40. The summed E-state index contributed by atoms with van der Waals surface area (Å²) in [7, 11) is 4.16. The van der Waals surface area contributed by atoms with Crippen LogP contribution in [0.1, 0.15) is 30.6 Å². The molecule has 1 N–H and O–H groups in total. The molecule has 1 aromatic rings. The van der Waals surface area contributed by atoms with Crippen LogP contribution in [0.25, 0.3) is 5.57 Å². The molecule has 1 atom stereocenters. The Morgan fingerprint density at radius 1 is 1.26 bits per heavy atom. The Bertz CT molecular complexity index is 489. The molecular weight excluding hydrogens is 270 g/mol. The van der Waals surface area contributed by atoms with Crippen molar-refractivity contribution in [3.05, 3.63) is 53.1 Å². The number of benzene rings is 1. The van der Waals surface area contributed by atoms with Crippen molar-refractivity contribution in [3.8, 4) is 0 Å². The number of likely N-dealkylation sites (N-methyl/N-ethyl adjacent to an activating group) is 1. The zero-order valence-corrected chi connectivity index (χ0v) is 13.4.